The number of hydrogen-bond acceptors (Lipinski definition) is 0. The van der Waals surface area contributed by atoms with E-state index >= 15 is 0 Å². The van der Waals surface area contributed by atoms with Crippen LogP contribution in [0.5, 0.6) is 0 Å². The van der Waals surface area contributed by atoms with Crippen LogP contribution in [0.1, 0.15) is 35.6 Å². The second-order valence-electron chi connectivity index (χ2n) is 7.12. The van der Waals surface area contributed by atoms with Gasteiger partial charge in [-0.25, -0.2) is 13.2 Å². The van der Waals surface area contributed by atoms with Crippen LogP contribution < -0.4 is 0 Å². The molecule has 164 valence electrons. The van der Waals surface area contributed by atoms with Gasteiger partial charge in [0.25, 0.3) is 0 Å². The minimum absolute atomic E-state index is 0.0261. The van der Waals surface area contributed by atoms with E-state index in [1.54, 1.807) is 6.07 Å². The van der Waals surface area contributed by atoms with E-state index in [4.69, 9.17) is 0 Å². The van der Waals surface area contributed by atoms with Crippen molar-refractivity contribution in [1.82, 2.24) is 0 Å². The molecule has 3 aromatic rings. The molecule has 0 unspecified atom stereocenters. The summed E-state index contributed by atoms with van der Waals surface area (Å²) in [6.07, 6.45) is -2.64. The lowest BCUT2D eigenvalue weighted by molar-refractivity contribution is -0.0790. The van der Waals surface area contributed by atoms with Gasteiger partial charge in [0.15, 0.2) is 0 Å². The van der Waals surface area contributed by atoms with Gasteiger partial charge >= 0.3 is 6.18 Å². The van der Waals surface area contributed by atoms with Crippen molar-refractivity contribution in [2.24, 2.45) is 0 Å². The predicted octanol–water partition coefficient (Wildman–Crippen LogP) is 7.70. The molecule has 3 aromatic carbocycles. The van der Waals surface area contributed by atoms with Gasteiger partial charge in [-0.3, -0.25) is 0 Å². The van der Waals surface area contributed by atoms with Crippen LogP contribution in [0.4, 0.5) is 26.3 Å². The lowest BCUT2D eigenvalue weighted by Crippen LogP contribution is -2.01. The second-order valence-corrected chi connectivity index (χ2v) is 7.12. The monoisotopic (exact) mass is 444 g/mol. The summed E-state index contributed by atoms with van der Waals surface area (Å²) in [7, 11) is 0. The Morgan fingerprint density at radius 2 is 1.41 bits per heavy atom. The second kappa shape index (κ2) is 9.78. The van der Waals surface area contributed by atoms with Crippen LogP contribution in [0, 0.1) is 29.3 Å². The molecule has 32 heavy (non-hydrogen) atoms. The molecule has 0 aliphatic carbocycles. The first-order valence-electron chi connectivity index (χ1n) is 9.82. The fourth-order valence-electron chi connectivity index (χ4n) is 3.08. The van der Waals surface area contributed by atoms with E-state index in [2.05, 4.69) is 18.8 Å². The van der Waals surface area contributed by atoms with Crippen molar-refractivity contribution in [2.75, 3.05) is 0 Å². The van der Waals surface area contributed by atoms with E-state index < -0.39 is 29.2 Å². The quantitative estimate of drug-likeness (QED) is 0.286. The van der Waals surface area contributed by atoms with Crippen LogP contribution >= 0.6 is 0 Å². The van der Waals surface area contributed by atoms with Gasteiger partial charge in [0.05, 0.1) is 5.56 Å². The van der Waals surface area contributed by atoms with Crippen LogP contribution in [0.25, 0.3) is 17.2 Å². The van der Waals surface area contributed by atoms with Gasteiger partial charge in [0, 0.05) is 17.2 Å². The molecule has 0 aromatic heterocycles. The van der Waals surface area contributed by atoms with Crippen LogP contribution in [0.2, 0.25) is 0 Å². The Hall–Kier alpha value is -3.46. The molecule has 0 saturated carbocycles. The number of allylic oxidation sites excluding steroid dienone is 1. The summed E-state index contributed by atoms with van der Waals surface area (Å²) < 4.78 is 79.2. The van der Waals surface area contributed by atoms with Crippen LogP contribution in [-0.4, -0.2) is 6.18 Å². The summed E-state index contributed by atoms with van der Waals surface area (Å²) in [6, 6.07) is 13.9. The maximum Gasteiger partial charge on any atom is 0.409 e. The molecule has 0 fully saturated rings. The highest BCUT2D eigenvalue weighted by atomic mass is 19.4. The van der Waals surface area contributed by atoms with Crippen molar-refractivity contribution in [3.63, 3.8) is 0 Å². The molecular weight excluding hydrogens is 426 g/mol. The molecule has 6 heteroatoms. The standard InChI is InChI=1S/C26H18F6/c1-2-3-17-4-7-19(8-5-17)21-11-10-20(23(27)16-21)9-6-18-14-24(28)22(25(29)15-18)12-13-26(30,31)32/h4-5,7-8,10-16H,2-3H2,1H3. The number of benzene rings is 3. The first kappa shape index (κ1) is 23.2. The van der Waals surface area contributed by atoms with E-state index in [9.17, 15) is 26.3 Å². The van der Waals surface area contributed by atoms with E-state index in [1.807, 2.05) is 24.3 Å². The number of hydrogen-bond donors (Lipinski definition) is 0. The molecular formula is C26H18F6. The van der Waals surface area contributed by atoms with Gasteiger partial charge in [-0.15, -0.1) is 0 Å². The number of alkyl halides is 3. The van der Waals surface area contributed by atoms with Crippen molar-refractivity contribution in [3.8, 4) is 23.0 Å². The fourth-order valence-corrected chi connectivity index (χ4v) is 3.08. The van der Waals surface area contributed by atoms with E-state index in [1.165, 1.54) is 17.7 Å². The molecule has 0 aliphatic heterocycles. The van der Waals surface area contributed by atoms with Crippen molar-refractivity contribution < 1.29 is 26.3 Å². The lowest BCUT2D eigenvalue weighted by atomic mass is 10.0. The van der Waals surface area contributed by atoms with Crippen molar-refractivity contribution in [2.45, 2.75) is 25.9 Å². The highest BCUT2D eigenvalue weighted by Gasteiger charge is 2.22. The molecule has 0 heterocycles. The average Bonchev–Trinajstić information content (AvgIpc) is 2.72. The van der Waals surface area contributed by atoms with E-state index in [0.717, 1.165) is 30.5 Å². The Bertz CT molecular complexity index is 1170. The summed E-state index contributed by atoms with van der Waals surface area (Å²) in [5.74, 6) is 1.96. The van der Waals surface area contributed by atoms with Crippen LogP contribution in [0.15, 0.2) is 60.7 Å². The number of rotatable bonds is 4. The van der Waals surface area contributed by atoms with Gasteiger partial charge in [0.1, 0.15) is 17.5 Å². The summed E-state index contributed by atoms with van der Waals surface area (Å²) in [6.45, 7) is 2.09. The molecule has 0 spiro atoms. The minimum Gasteiger partial charge on any atom is -0.206 e. The maximum absolute atomic E-state index is 14.5. The zero-order valence-electron chi connectivity index (χ0n) is 17.0. The largest absolute Gasteiger partial charge is 0.409 e. The fraction of sp³-hybridized carbons (Fsp3) is 0.154. The molecule has 0 nitrogen and oxygen atoms in total. The molecule has 0 bridgehead atoms. The maximum atomic E-state index is 14.5. The summed E-state index contributed by atoms with van der Waals surface area (Å²) in [4.78, 5) is 0. The Kier molecular flexibility index (Phi) is 7.09. The average molecular weight is 444 g/mol. The molecule has 0 atom stereocenters. The van der Waals surface area contributed by atoms with Crippen molar-refractivity contribution in [1.29, 1.82) is 0 Å². The lowest BCUT2D eigenvalue weighted by Gasteiger charge is -2.05. The normalized spacial score (nSPS) is 11.5. The number of aryl methyl sites for hydroxylation is 1. The molecule has 0 N–H and O–H groups in total. The minimum atomic E-state index is -4.70. The third-order valence-corrected chi connectivity index (χ3v) is 4.65. The first-order chi connectivity index (χ1) is 15.2. The van der Waals surface area contributed by atoms with Crippen LogP contribution in [-0.2, 0) is 6.42 Å². The van der Waals surface area contributed by atoms with E-state index in [0.29, 0.717) is 11.6 Å². The zero-order chi connectivity index (χ0) is 23.3. The molecule has 0 saturated heterocycles. The van der Waals surface area contributed by atoms with Gasteiger partial charge in [-0.05, 0) is 53.5 Å². The van der Waals surface area contributed by atoms with Gasteiger partial charge in [-0.1, -0.05) is 55.5 Å². The SMILES string of the molecule is CCCc1ccc(-c2ccc(C#Cc3cc(F)c(C=CC(F)(F)F)c(F)c3)c(F)c2)cc1. The van der Waals surface area contributed by atoms with Gasteiger partial charge < -0.3 is 0 Å². The van der Waals surface area contributed by atoms with Crippen molar-refractivity contribution in [3.05, 3.63) is 100 Å². The molecule has 0 aliphatic rings. The third kappa shape index (κ3) is 6.04. The Morgan fingerprint density at radius 3 is 1.97 bits per heavy atom. The molecule has 0 radical (unpaired) electrons. The van der Waals surface area contributed by atoms with Gasteiger partial charge in [-0.2, -0.15) is 13.2 Å². The Morgan fingerprint density at radius 1 is 0.781 bits per heavy atom. The van der Waals surface area contributed by atoms with E-state index in [-0.39, 0.29) is 17.2 Å². The topological polar surface area (TPSA) is 0 Å². The third-order valence-electron chi connectivity index (χ3n) is 4.65. The highest BCUT2D eigenvalue weighted by Crippen LogP contribution is 2.24. The Labute approximate surface area is 182 Å². The summed E-state index contributed by atoms with van der Waals surface area (Å²) in [5.41, 5.74) is 1.77. The molecule has 3 rings (SSSR count). The predicted molar refractivity (Wildman–Crippen MR) is 113 cm³/mol. The van der Waals surface area contributed by atoms with Gasteiger partial charge in [0.2, 0.25) is 0 Å². The Balaban J connectivity index is 1.83. The first-order valence-corrected chi connectivity index (χ1v) is 9.82. The smallest absolute Gasteiger partial charge is 0.206 e. The molecule has 0 amide bonds. The summed E-state index contributed by atoms with van der Waals surface area (Å²) in [5, 5.41) is 0. The van der Waals surface area contributed by atoms with Crippen LogP contribution in [0.3, 0.4) is 0 Å². The summed E-state index contributed by atoms with van der Waals surface area (Å²) >= 11 is 0. The zero-order valence-corrected chi connectivity index (χ0v) is 17.0. The number of halogens is 6. The van der Waals surface area contributed by atoms with Crippen molar-refractivity contribution >= 4 is 6.08 Å². The highest BCUT2D eigenvalue weighted by molar-refractivity contribution is 5.65.